The molecule has 3 rings (SSSR count). The Labute approximate surface area is 189 Å². The molecule has 0 spiro atoms. The molecular weight excluding hydrogens is 376 g/mol. The first-order valence-corrected chi connectivity index (χ1v) is 11.0. The van der Waals surface area contributed by atoms with Gasteiger partial charge in [-0.3, -0.25) is 4.99 Å². The smallest absolute Gasteiger partial charge is 0.133 e. The van der Waals surface area contributed by atoms with E-state index in [1.54, 1.807) is 0 Å². The number of rotatable bonds is 5. The van der Waals surface area contributed by atoms with E-state index < -0.39 is 5.54 Å². The Morgan fingerprint density at radius 2 is 1.23 bits per heavy atom. The molecule has 0 aliphatic heterocycles. The van der Waals surface area contributed by atoms with Crippen LogP contribution in [-0.2, 0) is 12.0 Å². The summed E-state index contributed by atoms with van der Waals surface area (Å²) in [5, 5.41) is 0. The number of nitrogens with two attached hydrogens (primary N) is 1. The van der Waals surface area contributed by atoms with E-state index >= 15 is 0 Å². The van der Waals surface area contributed by atoms with Crippen LogP contribution in [0.25, 0.3) is 0 Å². The lowest BCUT2D eigenvalue weighted by atomic mass is 9.78. The largest absolute Gasteiger partial charge is 0.388 e. The third-order valence-electron chi connectivity index (χ3n) is 4.87. The van der Waals surface area contributed by atoms with Gasteiger partial charge in [0, 0.05) is 0 Å². The Morgan fingerprint density at radius 1 is 0.806 bits per heavy atom. The van der Waals surface area contributed by atoms with E-state index in [2.05, 4.69) is 69.0 Å². The van der Waals surface area contributed by atoms with E-state index in [9.17, 15) is 0 Å². The summed E-state index contributed by atoms with van der Waals surface area (Å²) in [6, 6.07) is 28.9. The number of benzene rings is 3. The van der Waals surface area contributed by atoms with Crippen molar-refractivity contribution in [2.24, 2.45) is 10.7 Å². The van der Waals surface area contributed by atoms with Crippen LogP contribution in [0.3, 0.4) is 0 Å². The van der Waals surface area contributed by atoms with Gasteiger partial charge in [-0.05, 0) is 49.5 Å². The summed E-state index contributed by atoms with van der Waals surface area (Å²) < 4.78 is 0. The number of amidine groups is 1. The van der Waals surface area contributed by atoms with Crippen LogP contribution < -0.4 is 5.73 Å². The lowest BCUT2D eigenvalue weighted by Crippen LogP contribution is -2.29. The first kappa shape index (κ1) is 25.9. The molecule has 0 heterocycles. The molecule has 0 fully saturated rings. The van der Waals surface area contributed by atoms with Crippen molar-refractivity contribution in [3.05, 3.63) is 119 Å². The third-order valence-corrected chi connectivity index (χ3v) is 4.87. The summed E-state index contributed by atoms with van der Waals surface area (Å²) in [7, 11) is 0. The molecule has 31 heavy (non-hydrogen) atoms. The standard InChI is InChI=1S/C18H20N2.C9H12.C2H6/c1-14(2)18(20-15(3)19,16-10-6-4-7-11-16)17-12-8-5-9-13-17;1-3-9-6-4-8(2)5-7-9;1-2/h4-13H,1H2,2-3H3,(H2,19,20);4-7H,3H2,1-2H3;1-2H3. The van der Waals surface area contributed by atoms with E-state index in [4.69, 9.17) is 10.7 Å². The molecule has 0 aliphatic carbocycles. The van der Waals surface area contributed by atoms with Gasteiger partial charge in [-0.15, -0.1) is 0 Å². The predicted molar refractivity (Wildman–Crippen MR) is 138 cm³/mol. The zero-order valence-electron chi connectivity index (χ0n) is 20.0. The fourth-order valence-corrected chi connectivity index (χ4v) is 3.33. The van der Waals surface area contributed by atoms with Crippen molar-refractivity contribution in [3.63, 3.8) is 0 Å². The lowest BCUT2D eigenvalue weighted by molar-refractivity contribution is 0.640. The van der Waals surface area contributed by atoms with Crippen LogP contribution in [0.5, 0.6) is 0 Å². The van der Waals surface area contributed by atoms with Gasteiger partial charge in [-0.1, -0.05) is 118 Å². The first-order valence-electron chi connectivity index (χ1n) is 11.0. The Morgan fingerprint density at radius 3 is 1.55 bits per heavy atom. The van der Waals surface area contributed by atoms with Crippen LogP contribution in [-0.4, -0.2) is 5.84 Å². The molecule has 0 radical (unpaired) electrons. The van der Waals surface area contributed by atoms with Crippen LogP contribution in [0, 0.1) is 6.92 Å². The second kappa shape index (κ2) is 13.2. The fourth-order valence-electron chi connectivity index (χ4n) is 3.33. The summed E-state index contributed by atoms with van der Waals surface area (Å²) >= 11 is 0. The number of aliphatic imine (C=N–C) groups is 1. The van der Waals surface area contributed by atoms with Crippen LogP contribution in [0.4, 0.5) is 0 Å². The van der Waals surface area contributed by atoms with E-state index in [0.29, 0.717) is 5.84 Å². The van der Waals surface area contributed by atoms with Crippen molar-refractivity contribution in [1.29, 1.82) is 0 Å². The topological polar surface area (TPSA) is 38.4 Å². The molecule has 0 unspecified atom stereocenters. The van der Waals surface area contributed by atoms with Gasteiger partial charge in [0.15, 0.2) is 0 Å². The highest BCUT2D eigenvalue weighted by Crippen LogP contribution is 2.39. The lowest BCUT2D eigenvalue weighted by Gasteiger charge is -2.32. The average Bonchev–Trinajstić information content (AvgIpc) is 2.80. The summed E-state index contributed by atoms with van der Waals surface area (Å²) in [6.45, 7) is 16.3. The number of hydrogen-bond donors (Lipinski definition) is 1. The molecule has 3 aromatic rings. The van der Waals surface area contributed by atoms with Gasteiger partial charge >= 0.3 is 0 Å². The van der Waals surface area contributed by atoms with Crippen LogP contribution >= 0.6 is 0 Å². The molecule has 2 nitrogen and oxygen atoms in total. The summed E-state index contributed by atoms with van der Waals surface area (Å²) in [5.41, 5.74) is 11.1. The van der Waals surface area contributed by atoms with Crippen molar-refractivity contribution in [2.45, 2.75) is 53.5 Å². The Balaban J connectivity index is 0.000000365. The second-order valence-corrected chi connectivity index (χ2v) is 7.32. The molecule has 0 saturated heterocycles. The summed E-state index contributed by atoms with van der Waals surface area (Å²) in [6.07, 6.45) is 1.14. The molecular formula is C29H38N2. The van der Waals surface area contributed by atoms with Crippen molar-refractivity contribution in [3.8, 4) is 0 Å². The van der Waals surface area contributed by atoms with Gasteiger partial charge in [0.2, 0.25) is 0 Å². The summed E-state index contributed by atoms with van der Waals surface area (Å²) in [5.74, 6) is 0.542. The quantitative estimate of drug-likeness (QED) is 0.262. The maximum Gasteiger partial charge on any atom is 0.133 e. The van der Waals surface area contributed by atoms with Gasteiger partial charge in [0.05, 0.1) is 5.84 Å². The van der Waals surface area contributed by atoms with Crippen molar-refractivity contribution < 1.29 is 0 Å². The molecule has 0 atom stereocenters. The molecule has 0 amide bonds. The SMILES string of the molecule is C=C(C)C(N=C(C)N)(c1ccccc1)c1ccccc1.CC.CCc1ccc(C)cc1. The average molecular weight is 415 g/mol. The van der Waals surface area contributed by atoms with E-state index in [1.165, 1.54) is 11.1 Å². The minimum absolute atomic E-state index is 0.542. The molecule has 2 N–H and O–H groups in total. The van der Waals surface area contributed by atoms with Gasteiger partial charge in [-0.25, -0.2) is 0 Å². The van der Waals surface area contributed by atoms with Gasteiger partial charge in [-0.2, -0.15) is 0 Å². The Bertz CT molecular complexity index is 880. The van der Waals surface area contributed by atoms with Crippen LogP contribution in [0.1, 0.15) is 56.9 Å². The maximum atomic E-state index is 5.90. The molecule has 0 aliphatic rings. The highest BCUT2D eigenvalue weighted by molar-refractivity contribution is 5.79. The Hall–Kier alpha value is -3.13. The highest BCUT2D eigenvalue weighted by atomic mass is 14.9. The molecule has 164 valence electrons. The molecule has 0 bridgehead atoms. The minimum Gasteiger partial charge on any atom is -0.388 e. The zero-order chi connectivity index (χ0) is 23.3. The highest BCUT2D eigenvalue weighted by Gasteiger charge is 2.34. The monoisotopic (exact) mass is 414 g/mol. The summed E-state index contributed by atoms with van der Waals surface area (Å²) in [4.78, 5) is 4.74. The normalized spacial score (nSPS) is 10.8. The van der Waals surface area contributed by atoms with Gasteiger partial charge in [0.1, 0.15) is 5.54 Å². The van der Waals surface area contributed by atoms with Gasteiger partial charge in [0.25, 0.3) is 0 Å². The number of hydrogen-bond acceptors (Lipinski definition) is 1. The minimum atomic E-state index is -0.624. The van der Waals surface area contributed by atoms with Crippen molar-refractivity contribution in [2.75, 3.05) is 0 Å². The van der Waals surface area contributed by atoms with Crippen molar-refractivity contribution >= 4 is 5.84 Å². The molecule has 3 aromatic carbocycles. The van der Waals surface area contributed by atoms with Crippen LogP contribution in [0.2, 0.25) is 0 Å². The van der Waals surface area contributed by atoms with Crippen LogP contribution in [0.15, 0.2) is 102 Å². The van der Waals surface area contributed by atoms with E-state index in [0.717, 1.165) is 23.1 Å². The third kappa shape index (κ3) is 7.25. The number of nitrogens with zero attached hydrogens (tertiary/aromatic N) is 1. The second-order valence-electron chi connectivity index (χ2n) is 7.32. The predicted octanol–water partition coefficient (Wildman–Crippen LogP) is 7.47. The molecule has 0 saturated carbocycles. The fraction of sp³-hybridized carbons (Fsp3) is 0.276. The maximum absolute atomic E-state index is 5.90. The first-order chi connectivity index (χ1) is 14.9. The Kier molecular flexibility index (Phi) is 11.1. The van der Waals surface area contributed by atoms with Gasteiger partial charge < -0.3 is 5.73 Å². The number of aryl methyl sites for hydroxylation is 2. The van der Waals surface area contributed by atoms with E-state index in [1.807, 2.05) is 64.1 Å². The molecule has 0 aromatic heterocycles. The molecule has 2 heteroatoms. The zero-order valence-corrected chi connectivity index (χ0v) is 20.0. The van der Waals surface area contributed by atoms with Crippen molar-refractivity contribution in [1.82, 2.24) is 0 Å². The van der Waals surface area contributed by atoms with E-state index in [-0.39, 0.29) is 0 Å².